The number of piperazine rings is 1. The van der Waals surface area contributed by atoms with Crippen LogP contribution in [0.5, 0.6) is 0 Å². The van der Waals surface area contributed by atoms with Crippen LogP contribution in [0.15, 0.2) is 58.4 Å². The molecule has 9 heteroatoms. The van der Waals surface area contributed by atoms with E-state index in [-0.39, 0.29) is 17.5 Å². The monoisotopic (exact) mass is 399 g/mol. The van der Waals surface area contributed by atoms with Gasteiger partial charge in [-0.15, -0.1) is 10.2 Å². The molecule has 4 rings (SSSR count). The summed E-state index contributed by atoms with van der Waals surface area (Å²) >= 11 is 1.23. The number of carbonyl (C=O) groups excluding carboxylic acids is 1. The summed E-state index contributed by atoms with van der Waals surface area (Å²) in [5, 5.41) is 8.35. The fourth-order valence-electron chi connectivity index (χ4n) is 2.96. The summed E-state index contributed by atoms with van der Waals surface area (Å²) < 4.78 is 18.6. The zero-order valence-electron chi connectivity index (χ0n) is 15.0. The van der Waals surface area contributed by atoms with E-state index in [9.17, 15) is 9.18 Å². The van der Waals surface area contributed by atoms with E-state index in [4.69, 9.17) is 4.42 Å². The van der Waals surface area contributed by atoms with Gasteiger partial charge in [0.2, 0.25) is 11.8 Å². The highest BCUT2D eigenvalue weighted by Gasteiger charge is 2.22. The Balaban J connectivity index is 1.27. The van der Waals surface area contributed by atoms with Crippen molar-refractivity contribution in [2.45, 2.75) is 5.22 Å². The van der Waals surface area contributed by atoms with Crippen LogP contribution >= 0.6 is 11.8 Å². The van der Waals surface area contributed by atoms with E-state index in [2.05, 4.69) is 20.1 Å². The number of nitrogens with zero attached hydrogens (tertiary/aromatic N) is 5. The lowest BCUT2D eigenvalue weighted by Gasteiger charge is -2.36. The predicted octanol–water partition coefficient (Wildman–Crippen LogP) is 2.71. The van der Waals surface area contributed by atoms with Crippen molar-refractivity contribution in [2.24, 2.45) is 0 Å². The third-order valence-electron chi connectivity index (χ3n) is 4.48. The van der Waals surface area contributed by atoms with E-state index in [0.717, 1.165) is 24.3 Å². The molecule has 1 aromatic carbocycles. The van der Waals surface area contributed by atoms with Gasteiger partial charge in [0, 0.05) is 49.8 Å². The average molecular weight is 399 g/mol. The van der Waals surface area contributed by atoms with E-state index in [0.29, 0.717) is 24.2 Å². The van der Waals surface area contributed by atoms with Gasteiger partial charge in [0.25, 0.3) is 5.22 Å². The number of anilines is 1. The molecule has 7 nitrogen and oxygen atoms in total. The van der Waals surface area contributed by atoms with Gasteiger partial charge in [0.05, 0.1) is 5.75 Å². The third kappa shape index (κ3) is 4.30. The molecule has 1 aliphatic heterocycles. The van der Waals surface area contributed by atoms with E-state index < -0.39 is 0 Å². The number of benzene rings is 1. The maximum absolute atomic E-state index is 13.1. The molecule has 2 aromatic heterocycles. The van der Waals surface area contributed by atoms with Crippen molar-refractivity contribution in [3.63, 3.8) is 0 Å². The van der Waals surface area contributed by atoms with Crippen molar-refractivity contribution in [3.05, 3.63) is 54.6 Å². The largest absolute Gasteiger partial charge is 0.411 e. The van der Waals surface area contributed by atoms with Crippen molar-refractivity contribution < 1.29 is 13.6 Å². The number of rotatable bonds is 5. The summed E-state index contributed by atoms with van der Waals surface area (Å²) in [4.78, 5) is 20.4. The van der Waals surface area contributed by atoms with Gasteiger partial charge in [-0.2, -0.15) is 0 Å². The Labute approximate surface area is 165 Å². The second-order valence-electron chi connectivity index (χ2n) is 6.24. The maximum Gasteiger partial charge on any atom is 0.277 e. The number of thioether (sulfide) groups is 1. The van der Waals surface area contributed by atoms with Crippen molar-refractivity contribution in [1.29, 1.82) is 0 Å². The molecular weight excluding hydrogens is 381 g/mol. The average Bonchev–Trinajstić information content (AvgIpc) is 3.22. The van der Waals surface area contributed by atoms with Gasteiger partial charge >= 0.3 is 0 Å². The molecule has 3 heterocycles. The molecule has 0 aliphatic carbocycles. The van der Waals surface area contributed by atoms with Gasteiger partial charge in [0.15, 0.2) is 0 Å². The van der Waals surface area contributed by atoms with Crippen LogP contribution in [-0.2, 0) is 4.79 Å². The van der Waals surface area contributed by atoms with Gasteiger partial charge in [0.1, 0.15) is 5.82 Å². The van der Waals surface area contributed by atoms with E-state index >= 15 is 0 Å². The standard InChI is InChI=1S/C19H18FN5O2S/c20-15-1-3-16(4-2-15)24-9-11-25(12-10-24)17(26)13-28-19-23-22-18(27-19)14-5-7-21-8-6-14/h1-8H,9-13H2. The summed E-state index contributed by atoms with van der Waals surface area (Å²) in [6, 6.07) is 10.0. The quantitative estimate of drug-likeness (QED) is 0.611. The predicted molar refractivity (Wildman–Crippen MR) is 103 cm³/mol. The number of amides is 1. The summed E-state index contributed by atoms with van der Waals surface area (Å²) in [6.07, 6.45) is 3.31. The third-order valence-corrected chi connectivity index (χ3v) is 5.28. The molecule has 1 amide bonds. The molecule has 0 bridgehead atoms. The van der Waals surface area contributed by atoms with Crippen LogP contribution in [-0.4, -0.2) is 57.9 Å². The first-order valence-corrected chi connectivity index (χ1v) is 9.82. The Bertz CT molecular complexity index is 927. The smallest absolute Gasteiger partial charge is 0.277 e. The minimum atomic E-state index is -0.247. The van der Waals surface area contributed by atoms with E-state index in [1.54, 1.807) is 36.7 Å². The summed E-state index contributed by atoms with van der Waals surface area (Å²) in [5.41, 5.74) is 1.76. The van der Waals surface area contributed by atoms with Crippen molar-refractivity contribution in [1.82, 2.24) is 20.1 Å². The Morgan fingerprint density at radius 3 is 2.46 bits per heavy atom. The molecule has 1 aliphatic rings. The number of halogens is 1. The van der Waals surface area contributed by atoms with Crippen LogP contribution in [0.3, 0.4) is 0 Å². The van der Waals surface area contributed by atoms with Crippen molar-refractivity contribution in [3.8, 4) is 11.5 Å². The van der Waals surface area contributed by atoms with E-state index in [1.807, 2.05) is 4.90 Å². The zero-order valence-corrected chi connectivity index (χ0v) is 15.8. The Hall–Kier alpha value is -2.94. The molecule has 0 spiro atoms. The minimum absolute atomic E-state index is 0.0346. The topological polar surface area (TPSA) is 75.4 Å². The van der Waals surface area contributed by atoms with Gasteiger partial charge in [-0.25, -0.2) is 4.39 Å². The molecule has 0 atom stereocenters. The molecule has 0 N–H and O–H groups in total. The maximum atomic E-state index is 13.1. The van der Waals surface area contributed by atoms with Crippen LogP contribution in [0.2, 0.25) is 0 Å². The van der Waals surface area contributed by atoms with Crippen molar-refractivity contribution in [2.75, 3.05) is 36.8 Å². The number of aromatic nitrogens is 3. The molecule has 0 radical (unpaired) electrons. The summed E-state index contributed by atoms with van der Waals surface area (Å²) in [7, 11) is 0. The van der Waals surface area contributed by atoms with E-state index in [1.165, 1.54) is 23.9 Å². The number of carbonyl (C=O) groups is 1. The number of hydrogen-bond acceptors (Lipinski definition) is 7. The molecule has 28 heavy (non-hydrogen) atoms. The van der Waals surface area contributed by atoms with Gasteiger partial charge < -0.3 is 14.2 Å². The second-order valence-corrected chi connectivity index (χ2v) is 7.17. The molecule has 0 unspecified atom stereocenters. The zero-order chi connectivity index (χ0) is 19.3. The van der Waals surface area contributed by atoms with Crippen LogP contribution in [0, 0.1) is 5.82 Å². The molecule has 3 aromatic rings. The highest BCUT2D eigenvalue weighted by Crippen LogP contribution is 2.23. The lowest BCUT2D eigenvalue weighted by Crippen LogP contribution is -2.49. The molecule has 1 saturated heterocycles. The van der Waals surface area contributed by atoms with Crippen LogP contribution in [0.4, 0.5) is 10.1 Å². The summed E-state index contributed by atoms with van der Waals surface area (Å²) in [5.74, 6) is 0.439. The lowest BCUT2D eigenvalue weighted by molar-refractivity contribution is -0.128. The second kappa shape index (κ2) is 8.39. The summed E-state index contributed by atoms with van der Waals surface area (Å²) in [6.45, 7) is 2.69. The fraction of sp³-hybridized carbons (Fsp3) is 0.263. The highest BCUT2D eigenvalue weighted by molar-refractivity contribution is 7.99. The Kier molecular flexibility index (Phi) is 5.52. The first kappa shape index (κ1) is 18.4. The van der Waals surface area contributed by atoms with Crippen LogP contribution < -0.4 is 4.90 Å². The molecular formula is C19H18FN5O2S. The van der Waals surface area contributed by atoms with Gasteiger partial charge in [-0.1, -0.05) is 11.8 Å². The fourth-order valence-corrected chi connectivity index (χ4v) is 3.63. The first-order valence-electron chi connectivity index (χ1n) is 8.84. The highest BCUT2D eigenvalue weighted by atomic mass is 32.2. The molecule has 0 saturated carbocycles. The number of pyridine rings is 1. The van der Waals surface area contributed by atoms with Crippen molar-refractivity contribution >= 4 is 23.4 Å². The van der Waals surface area contributed by atoms with Gasteiger partial charge in [-0.05, 0) is 36.4 Å². The number of hydrogen-bond donors (Lipinski definition) is 0. The molecule has 1 fully saturated rings. The molecule has 144 valence electrons. The normalized spacial score (nSPS) is 14.3. The van der Waals surface area contributed by atoms with Crippen LogP contribution in [0.1, 0.15) is 0 Å². The first-order chi connectivity index (χ1) is 13.7. The SMILES string of the molecule is O=C(CSc1nnc(-c2ccncc2)o1)N1CCN(c2ccc(F)cc2)CC1. The Morgan fingerprint density at radius 2 is 1.75 bits per heavy atom. The van der Waals surface area contributed by atoms with Crippen LogP contribution in [0.25, 0.3) is 11.5 Å². The minimum Gasteiger partial charge on any atom is -0.411 e. The Morgan fingerprint density at radius 1 is 1.04 bits per heavy atom. The lowest BCUT2D eigenvalue weighted by atomic mass is 10.2. The van der Waals surface area contributed by atoms with Gasteiger partial charge in [-0.3, -0.25) is 9.78 Å².